The van der Waals surface area contributed by atoms with Crippen LogP contribution in [-0.2, 0) is 19.3 Å². The molecule has 0 fully saturated rings. The van der Waals surface area contributed by atoms with Crippen molar-refractivity contribution in [1.82, 2.24) is 0 Å². The van der Waals surface area contributed by atoms with Gasteiger partial charge in [0.1, 0.15) is 0 Å². The van der Waals surface area contributed by atoms with E-state index in [1.54, 1.807) is 0 Å². The molecule has 0 nitrogen and oxygen atoms in total. The van der Waals surface area contributed by atoms with Crippen LogP contribution in [0.25, 0.3) is 42.4 Å². The topological polar surface area (TPSA) is 0 Å². The van der Waals surface area contributed by atoms with Crippen LogP contribution < -0.4 is 0 Å². The average molecular weight is 622 g/mol. The third-order valence-electron chi connectivity index (χ3n) is 8.77. The van der Waals surface area contributed by atoms with Crippen molar-refractivity contribution in [3.63, 3.8) is 0 Å². The third kappa shape index (κ3) is 4.79. The largest absolute Gasteiger partial charge is 0.135 e. The molecule has 1 aliphatic rings. The Balaban J connectivity index is 1.18. The molecule has 0 aliphatic heterocycles. The van der Waals surface area contributed by atoms with Gasteiger partial charge in [0.05, 0.1) is 0 Å². The molecule has 0 amide bonds. The molecule has 1 unspecified atom stereocenters. The Morgan fingerprint density at radius 2 is 1.31 bits per heavy atom. The maximum atomic E-state index is 3.87. The first-order valence-electron chi connectivity index (χ1n) is 14.6. The standard InChI is InChI=1S/C40H29BrS/c41-34-21-27(20-33(23-34)28-14-15-31-22-30-10-4-5-11-35(30)37(31)24-28)19-32(18-26-8-2-1-3-9-26)29-16-17-40-38(25-29)36-12-6-7-13-39(36)42-40/h1-17,20-21,23-25,32H,18-19,22H2. The maximum absolute atomic E-state index is 3.87. The van der Waals surface area contributed by atoms with Crippen LogP contribution in [0.3, 0.4) is 0 Å². The Morgan fingerprint density at radius 3 is 2.24 bits per heavy atom. The summed E-state index contributed by atoms with van der Waals surface area (Å²) in [5, 5.41) is 2.74. The average Bonchev–Trinajstić information content (AvgIpc) is 3.58. The molecule has 0 spiro atoms. The van der Waals surface area contributed by atoms with Crippen molar-refractivity contribution in [2.24, 2.45) is 0 Å². The van der Waals surface area contributed by atoms with Crippen LogP contribution in [0.2, 0.25) is 0 Å². The zero-order valence-corrected chi connectivity index (χ0v) is 25.6. The minimum Gasteiger partial charge on any atom is -0.135 e. The van der Waals surface area contributed by atoms with Crippen molar-refractivity contribution < 1.29 is 0 Å². The maximum Gasteiger partial charge on any atom is 0.0355 e. The van der Waals surface area contributed by atoms with Crippen molar-refractivity contribution in [3.8, 4) is 22.3 Å². The lowest BCUT2D eigenvalue weighted by Crippen LogP contribution is -2.07. The van der Waals surface area contributed by atoms with Crippen molar-refractivity contribution in [2.45, 2.75) is 25.2 Å². The number of benzene rings is 6. The van der Waals surface area contributed by atoms with Crippen LogP contribution in [-0.4, -0.2) is 0 Å². The van der Waals surface area contributed by atoms with Gasteiger partial charge in [-0.1, -0.05) is 113 Å². The normalized spacial score (nSPS) is 12.9. The van der Waals surface area contributed by atoms with Crippen molar-refractivity contribution >= 4 is 47.4 Å². The van der Waals surface area contributed by atoms with E-state index in [1.165, 1.54) is 70.2 Å². The Hall–Kier alpha value is -3.98. The number of hydrogen-bond acceptors (Lipinski definition) is 1. The van der Waals surface area contributed by atoms with Gasteiger partial charge in [-0.05, 0) is 112 Å². The van der Waals surface area contributed by atoms with E-state index in [4.69, 9.17) is 0 Å². The highest BCUT2D eigenvalue weighted by Gasteiger charge is 2.20. The fourth-order valence-electron chi connectivity index (χ4n) is 6.73. The van der Waals surface area contributed by atoms with Gasteiger partial charge in [-0.2, -0.15) is 0 Å². The molecule has 7 aromatic rings. The Morgan fingerprint density at radius 1 is 0.548 bits per heavy atom. The van der Waals surface area contributed by atoms with Gasteiger partial charge in [0.25, 0.3) is 0 Å². The van der Waals surface area contributed by atoms with E-state index in [0.29, 0.717) is 5.92 Å². The minimum atomic E-state index is 0.365. The summed E-state index contributed by atoms with van der Waals surface area (Å²) in [6, 6.07) is 49.7. The van der Waals surface area contributed by atoms with E-state index in [1.807, 2.05) is 11.3 Å². The van der Waals surface area contributed by atoms with Gasteiger partial charge in [-0.15, -0.1) is 11.3 Å². The molecule has 0 saturated heterocycles. The van der Waals surface area contributed by atoms with E-state index in [2.05, 4.69) is 149 Å². The summed E-state index contributed by atoms with van der Waals surface area (Å²) < 4.78 is 3.85. The SMILES string of the molecule is Brc1cc(CC(Cc2ccccc2)c2ccc3sc4ccccc4c3c2)cc(-c2ccc3c(c2)-c2ccccc2C3)c1. The van der Waals surface area contributed by atoms with Crippen LogP contribution in [0.4, 0.5) is 0 Å². The van der Waals surface area contributed by atoms with Gasteiger partial charge in [0, 0.05) is 24.6 Å². The van der Waals surface area contributed by atoms with Crippen LogP contribution in [0.5, 0.6) is 0 Å². The summed E-state index contributed by atoms with van der Waals surface area (Å²) >= 11 is 5.76. The molecule has 202 valence electrons. The zero-order valence-electron chi connectivity index (χ0n) is 23.2. The second-order valence-electron chi connectivity index (χ2n) is 11.5. The smallest absolute Gasteiger partial charge is 0.0355 e. The molecule has 42 heavy (non-hydrogen) atoms. The lowest BCUT2D eigenvalue weighted by molar-refractivity contribution is 0.681. The predicted octanol–water partition coefficient (Wildman–Crippen LogP) is 11.6. The first-order valence-corrected chi connectivity index (χ1v) is 16.2. The number of rotatable bonds is 6. The molecule has 0 bridgehead atoms. The Labute approximate surface area is 259 Å². The Kier molecular flexibility index (Phi) is 6.55. The molecule has 0 radical (unpaired) electrons. The summed E-state index contributed by atoms with van der Waals surface area (Å²) in [5.41, 5.74) is 12.3. The molecule has 0 saturated carbocycles. The highest BCUT2D eigenvalue weighted by molar-refractivity contribution is 9.10. The summed E-state index contributed by atoms with van der Waals surface area (Å²) in [7, 11) is 0. The van der Waals surface area contributed by atoms with Gasteiger partial charge in [-0.3, -0.25) is 0 Å². The lowest BCUT2D eigenvalue weighted by atomic mass is 9.85. The highest BCUT2D eigenvalue weighted by Crippen LogP contribution is 2.40. The molecule has 8 rings (SSSR count). The minimum absolute atomic E-state index is 0.365. The fourth-order valence-corrected chi connectivity index (χ4v) is 8.35. The first kappa shape index (κ1) is 25.7. The molecular formula is C40H29BrS. The van der Waals surface area contributed by atoms with Crippen molar-refractivity contribution in [2.75, 3.05) is 0 Å². The third-order valence-corrected chi connectivity index (χ3v) is 10.4. The number of halogens is 1. The quantitative estimate of drug-likeness (QED) is 0.173. The molecule has 6 aromatic carbocycles. The Bertz CT molecular complexity index is 2090. The molecular weight excluding hydrogens is 592 g/mol. The van der Waals surface area contributed by atoms with Crippen molar-refractivity contribution in [1.29, 1.82) is 0 Å². The van der Waals surface area contributed by atoms with Gasteiger partial charge in [0.15, 0.2) is 0 Å². The summed E-state index contributed by atoms with van der Waals surface area (Å²) in [6.07, 6.45) is 3.01. The predicted molar refractivity (Wildman–Crippen MR) is 184 cm³/mol. The number of thiophene rings is 1. The van der Waals surface area contributed by atoms with Gasteiger partial charge < -0.3 is 0 Å². The van der Waals surface area contributed by atoms with E-state index in [0.717, 1.165) is 23.7 Å². The second-order valence-corrected chi connectivity index (χ2v) is 13.5. The molecule has 0 N–H and O–H groups in total. The van der Waals surface area contributed by atoms with E-state index in [9.17, 15) is 0 Å². The summed E-state index contributed by atoms with van der Waals surface area (Å²) in [4.78, 5) is 0. The monoisotopic (exact) mass is 620 g/mol. The van der Waals surface area contributed by atoms with Crippen LogP contribution in [0.1, 0.15) is 33.7 Å². The second kappa shape index (κ2) is 10.7. The number of hydrogen-bond donors (Lipinski definition) is 0. The molecule has 1 aromatic heterocycles. The van der Waals surface area contributed by atoms with Gasteiger partial charge in [0.2, 0.25) is 0 Å². The first-order chi connectivity index (χ1) is 20.7. The van der Waals surface area contributed by atoms with Gasteiger partial charge >= 0.3 is 0 Å². The van der Waals surface area contributed by atoms with E-state index < -0.39 is 0 Å². The molecule has 1 heterocycles. The van der Waals surface area contributed by atoms with Crippen LogP contribution in [0.15, 0.2) is 138 Å². The lowest BCUT2D eigenvalue weighted by Gasteiger charge is -2.19. The van der Waals surface area contributed by atoms with Crippen LogP contribution in [0, 0.1) is 0 Å². The van der Waals surface area contributed by atoms with E-state index in [-0.39, 0.29) is 0 Å². The van der Waals surface area contributed by atoms with Gasteiger partial charge in [-0.25, -0.2) is 0 Å². The number of fused-ring (bicyclic) bond motifs is 6. The van der Waals surface area contributed by atoms with Crippen LogP contribution >= 0.6 is 27.3 Å². The van der Waals surface area contributed by atoms with E-state index >= 15 is 0 Å². The van der Waals surface area contributed by atoms with Crippen molar-refractivity contribution in [3.05, 3.63) is 166 Å². The zero-order chi connectivity index (χ0) is 28.0. The molecule has 1 atom stereocenters. The summed E-state index contributed by atoms with van der Waals surface area (Å²) in [5.74, 6) is 0.365. The highest BCUT2D eigenvalue weighted by atomic mass is 79.9. The summed E-state index contributed by atoms with van der Waals surface area (Å²) in [6.45, 7) is 0. The fraction of sp³-hybridized carbons (Fsp3) is 0.100. The molecule has 2 heteroatoms. The molecule has 1 aliphatic carbocycles.